The Balaban J connectivity index is 0.00000144. The number of hydrogen-bond donors (Lipinski definition) is 1. The van der Waals surface area contributed by atoms with Gasteiger partial charge in [-0.05, 0) is 30.7 Å². The van der Waals surface area contributed by atoms with E-state index in [1.165, 1.54) is 18.2 Å². The summed E-state index contributed by atoms with van der Waals surface area (Å²) in [5.41, 5.74) is 0.617. The van der Waals surface area contributed by atoms with Crippen molar-refractivity contribution in [1.29, 1.82) is 0 Å². The van der Waals surface area contributed by atoms with Gasteiger partial charge in [0.1, 0.15) is 0 Å². The number of benzene rings is 1. The van der Waals surface area contributed by atoms with Crippen molar-refractivity contribution in [3.63, 3.8) is 0 Å². The second kappa shape index (κ2) is 4.28. The van der Waals surface area contributed by atoms with Crippen LogP contribution in [0.25, 0.3) is 0 Å². The Morgan fingerprint density at radius 1 is 1.38 bits per heavy atom. The summed E-state index contributed by atoms with van der Waals surface area (Å²) in [4.78, 5) is -0.135. The molecule has 1 aromatic rings. The summed E-state index contributed by atoms with van der Waals surface area (Å²) in [5, 5.41) is 0.474. The lowest BCUT2D eigenvalue weighted by atomic mass is 10.2. The van der Waals surface area contributed by atoms with E-state index in [2.05, 4.69) is 0 Å². The Hall–Kier alpha value is -0.290. The molecule has 3 nitrogen and oxygen atoms in total. The van der Waals surface area contributed by atoms with Crippen LogP contribution in [0.1, 0.15) is 5.56 Å². The fraction of sp³-hybridized carbons (Fsp3) is 0.143. The second-order valence-corrected chi connectivity index (χ2v) is 4.21. The molecule has 0 aliphatic heterocycles. The maximum Gasteiger partial charge on any atom is 0.294 e. The lowest BCUT2D eigenvalue weighted by Gasteiger charge is -1.99. The molecule has 13 heavy (non-hydrogen) atoms. The lowest BCUT2D eigenvalue weighted by molar-refractivity contribution is 0.483. The van der Waals surface area contributed by atoms with Crippen molar-refractivity contribution in [2.75, 3.05) is 0 Å². The predicted octanol–water partition coefficient (Wildman–Crippen LogP) is 2.32. The molecule has 1 aromatic carbocycles. The van der Waals surface area contributed by atoms with Crippen LogP contribution in [0.3, 0.4) is 0 Å². The molecule has 0 aromatic heterocycles. The van der Waals surface area contributed by atoms with Gasteiger partial charge in [0.25, 0.3) is 10.1 Å². The largest absolute Gasteiger partial charge is 0.294 e. The van der Waals surface area contributed by atoms with Crippen molar-refractivity contribution in [1.82, 2.24) is 0 Å². The zero-order valence-corrected chi connectivity index (χ0v) is 9.08. The van der Waals surface area contributed by atoms with E-state index in [1.54, 1.807) is 6.92 Å². The topological polar surface area (TPSA) is 54.4 Å². The zero-order valence-electron chi connectivity index (χ0n) is 6.69. The highest BCUT2D eigenvalue weighted by Gasteiger charge is 2.09. The average Bonchev–Trinajstić information content (AvgIpc) is 1.92. The highest BCUT2D eigenvalue weighted by Crippen LogP contribution is 2.18. The van der Waals surface area contributed by atoms with Gasteiger partial charge < -0.3 is 0 Å². The molecule has 0 unspecified atom stereocenters. The fourth-order valence-electron chi connectivity index (χ4n) is 0.778. The molecule has 0 saturated carbocycles. The van der Waals surface area contributed by atoms with Crippen LogP contribution in [0, 0.1) is 6.92 Å². The third-order valence-corrected chi connectivity index (χ3v) is 2.70. The van der Waals surface area contributed by atoms with Gasteiger partial charge in [0.05, 0.1) is 4.90 Å². The van der Waals surface area contributed by atoms with Gasteiger partial charge in [0.15, 0.2) is 0 Å². The van der Waals surface area contributed by atoms with Crippen molar-refractivity contribution >= 4 is 34.1 Å². The van der Waals surface area contributed by atoms with Gasteiger partial charge in [0.2, 0.25) is 0 Å². The number of halogens is 2. The van der Waals surface area contributed by atoms with Crippen LogP contribution in [-0.4, -0.2) is 13.0 Å². The molecule has 0 spiro atoms. The van der Waals surface area contributed by atoms with Gasteiger partial charge in [-0.15, -0.1) is 12.4 Å². The maximum absolute atomic E-state index is 10.6. The van der Waals surface area contributed by atoms with Gasteiger partial charge in [0, 0.05) is 5.02 Å². The molecule has 0 fully saturated rings. The van der Waals surface area contributed by atoms with Crippen LogP contribution in [-0.2, 0) is 10.1 Å². The van der Waals surface area contributed by atoms with Gasteiger partial charge in [-0.3, -0.25) is 4.55 Å². The van der Waals surface area contributed by atoms with Crippen LogP contribution < -0.4 is 0 Å². The average molecular weight is 243 g/mol. The van der Waals surface area contributed by atoms with Crippen LogP contribution in [0.4, 0.5) is 0 Å². The summed E-state index contributed by atoms with van der Waals surface area (Å²) < 4.78 is 29.9. The number of rotatable bonds is 1. The molecular weight excluding hydrogens is 235 g/mol. The Morgan fingerprint density at radius 2 is 1.92 bits per heavy atom. The summed E-state index contributed by atoms with van der Waals surface area (Å²) in [6.45, 7) is 1.66. The van der Waals surface area contributed by atoms with Crippen molar-refractivity contribution in [3.05, 3.63) is 28.8 Å². The van der Waals surface area contributed by atoms with Gasteiger partial charge in [-0.1, -0.05) is 11.6 Å². The van der Waals surface area contributed by atoms with Crippen LogP contribution in [0.2, 0.25) is 5.02 Å². The Morgan fingerprint density at radius 3 is 2.31 bits per heavy atom. The number of aryl methyl sites for hydroxylation is 1. The summed E-state index contributed by atoms with van der Waals surface area (Å²) in [5.74, 6) is 0. The van der Waals surface area contributed by atoms with Gasteiger partial charge in [-0.2, -0.15) is 8.42 Å². The maximum atomic E-state index is 10.6. The Bertz CT molecular complexity index is 400. The zero-order chi connectivity index (χ0) is 9.35. The first-order valence-corrected chi connectivity index (χ1v) is 4.97. The molecular formula is C7H8Cl2O3S. The van der Waals surface area contributed by atoms with E-state index in [1.807, 2.05) is 0 Å². The highest BCUT2D eigenvalue weighted by atomic mass is 35.5. The molecule has 1 rings (SSSR count). The summed E-state index contributed by atoms with van der Waals surface area (Å²) in [6, 6.07) is 4.00. The minimum Gasteiger partial charge on any atom is -0.282 e. The molecule has 0 radical (unpaired) electrons. The van der Waals surface area contributed by atoms with Crippen molar-refractivity contribution < 1.29 is 13.0 Å². The quantitative estimate of drug-likeness (QED) is 0.770. The smallest absolute Gasteiger partial charge is 0.282 e. The lowest BCUT2D eigenvalue weighted by Crippen LogP contribution is -1.97. The highest BCUT2D eigenvalue weighted by molar-refractivity contribution is 7.85. The van der Waals surface area contributed by atoms with E-state index in [0.717, 1.165) is 0 Å². The number of hydrogen-bond acceptors (Lipinski definition) is 2. The van der Waals surface area contributed by atoms with Crippen molar-refractivity contribution in [2.24, 2.45) is 0 Å². The Labute approximate surface area is 87.9 Å². The van der Waals surface area contributed by atoms with E-state index >= 15 is 0 Å². The minimum absolute atomic E-state index is 0. The van der Waals surface area contributed by atoms with Gasteiger partial charge in [-0.25, -0.2) is 0 Å². The molecule has 0 atom stereocenters. The molecule has 0 saturated heterocycles. The summed E-state index contributed by atoms with van der Waals surface area (Å²) in [6.07, 6.45) is 0. The third kappa shape index (κ3) is 3.15. The standard InChI is InChI=1S/C7H7ClO3S.ClH/c1-5-4-6(12(9,10)11)2-3-7(5)8;/h2-4H,1H3,(H,9,10,11);1H. The first-order valence-electron chi connectivity index (χ1n) is 3.15. The Kier molecular flexibility index (Phi) is 4.19. The van der Waals surface area contributed by atoms with Crippen LogP contribution in [0.15, 0.2) is 23.1 Å². The van der Waals surface area contributed by atoms with Gasteiger partial charge >= 0.3 is 0 Å². The second-order valence-electron chi connectivity index (χ2n) is 2.39. The van der Waals surface area contributed by atoms with E-state index in [4.69, 9.17) is 16.2 Å². The molecule has 1 N–H and O–H groups in total. The molecule has 6 heteroatoms. The summed E-state index contributed by atoms with van der Waals surface area (Å²) in [7, 11) is -4.10. The first-order chi connectivity index (χ1) is 5.41. The minimum atomic E-state index is -4.10. The van der Waals surface area contributed by atoms with E-state index in [-0.39, 0.29) is 17.3 Å². The molecule has 0 amide bonds. The third-order valence-electron chi connectivity index (χ3n) is 1.43. The molecule has 0 aliphatic carbocycles. The normalized spacial score (nSPS) is 10.7. The summed E-state index contributed by atoms with van der Waals surface area (Å²) >= 11 is 5.65. The van der Waals surface area contributed by atoms with E-state index in [0.29, 0.717) is 10.6 Å². The monoisotopic (exact) mass is 242 g/mol. The molecule has 0 aliphatic rings. The molecule has 0 heterocycles. The first kappa shape index (κ1) is 12.7. The molecule has 74 valence electrons. The van der Waals surface area contributed by atoms with E-state index < -0.39 is 10.1 Å². The van der Waals surface area contributed by atoms with E-state index in [9.17, 15) is 8.42 Å². The molecule has 0 bridgehead atoms. The van der Waals surface area contributed by atoms with Crippen LogP contribution in [0.5, 0.6) is 0 Å². The van der Waals surface area contributed by atoms with Crippen LogP contribution >= 0.6 is 24.0 Å². The van der Waals surface area contributed by atoms with Crippen molar-refractivity contribution in [2.45, 2.75) is 11.8 Å². The SMILES string of the molecule is Cc1cc(S(=O)(=O)O)ccc1Cl.Cl. The predicted molar refractivity (Wildman–Crippen MR) is 53.3 cm³/mol. The fourth-order valence-corrected chi connectivity index (χ4v) is 1.46. The van der Waals surface area contributed by atoms with Crippen molar-refractivity contribution in [3.8, 4) is 0 Å².